The predicted octanol–water partition coefficient (Wildman–Crippen LogP) is 4.79. The van der Waals surface area contributed by atoms with Gasteiger partial charge in [-0.1, -0.05) is 37.8 Å². The molecule has 106 valence electrons. The maximum atomic E-state index is 5.93. The lowest BCUT2D eigenvalue weighted by Gasteiger charge is -2.17. The highest BCUT2D eigenvalue weighted by molar-refractivity contribution is 5.95. The Morgan fingerprint density at radius 3 is 2.50 bits per heavy atom. The van der Waals surface area contributed by atoms with Crippen molar-refractivity contribution in [3.05, 3.63) is 48.0 Å². The Bertz CT molecular complexity index is 616. The van der Waals surface area contributed by atoms with Gasteiger partial charge in [0.1, 0.15) is 12.4 Å². The van der Waals surface area contributed by atoms with Crippen LogP contribution in [-0.2, 0) is 6.42 Å². The largest absolute Gasteiger partial charge is 0.489 e. The van der Waals surface area contributed by atoms with E-state index < -0.39 is 0 Å². The Balaban J connectivity index is 2.58. The summed E-state index contributed by atoms with van der Waals surface area (Å²) in [7, 11) is 0. The highest BCUT2D eigenvalue weighted by atomic mass is 16.5. The molecule has 0 unspecified atom stereocenters. The molecule has 2 rings (SSSR count). The molecule has 0 saturated heterocycles. The van der Waals surface area contributed by atoms with E-state index in [4.69, 9.17) is 4.74 Å². The molecule has 2 aromatic carbocycles. The van der Waals surface area contributed by atoms with Gasteiger partial charge in [-0.3, -0.25) is 0 Å². The average Bonchev–Trinajstić information content (AvgIpc) is 2.45. The Kier molecular flexibility index (Phi) is 4.67. The van der Waals surface area contributed by atoms with Crippen LogP contribution in [-0.4, -0.2) is 13.2 Å². The van der Waals surface area contributed by atoms with E-state index in [9.17, 15) is 0 Å². The molecule has 0 amide bonds. The number of fused-ring (bicyclic) bond motifs is 1. The molecule has 2 nitrogen and oxygen atoms in total. The van der Waals surface area contributed by atoms with Crippen molar-refractivity contribution in [1.29, 1.82) is 0 Å². The van der Waals surface area contributed by atoms with Gasteiger partial charge in [-0.25, -0.2) is 0 Å². The number of hydrogen-bond acceptors (Lipinski definition) is 2. The summed E-state index contributed by atoms with van der Waals surface area (Å²) in [5.41, 5.74) is 3.55. The molecule has 0 aromatic heterocycles. The van der Waals surface area contributed by atoms with Crippen molar-refractivity contribution in [3.8, 4) is 5.75 Å². The molecular formula is C18H23NO. The van der Waals surface area contributed by atoms with Crippen molar-refractivity contribution in [3.63, 3.8) is 0 Å². The van der Waals surface area contributed by atoms with Crippen LogP contribution < -0.4 is 10.1 Å². The SMILES string of the molecule is C=C(C)COc1cc(NCC)c(CC)c2ccccc12. The highest BCUT2D eigenvalue weighted by Crippen LogP contribution is 2.35. The van der Waals surface area contributed by atoms with Gasteiger partial charge in [-0.05, 0) is 36.8 Å². The predicted molar refractivity (Wildman–Crippen MR) is 87.8 cm³/mol. The number of aryl methyl sites for hydroxylation is 1. The summed E-state index contributed by atoms with van der Waals surface area (Å²) in [6, 6.07) is 10.6. The van der Waals surface area contributed by atoms with Crippen LogP contribution in [0.4, 0.5) is 5.69 Å². The Hall–Kier alpha value is -1.96. The fraction of sp³-hybridized carbons (Fsp3) is 0.333. The van der Waals surface area contributed by atoms with E-state index in [0.29, 0.717) is 6.61 Å². The second-order valence-electron chi connectivity index (χ2n) is 5.08. The van der Waals surface area contributed by atoms with Crippen molar-refractivity contribution in [2.45, 2.75) is 27.2 Å². The van der Waals surface area contributed by atoms with E-state index in [-0.39, 0.29) is 0 Å². The van der Waals surface area contributed by atoms with Crippen LogP contribution >= 0.6 is 0 Å². The maximum Gasteiger partial charge on any atom is 0.129 e. The van der Waals surface area contributed by atoms with Crippen LogP contribution in [0, 0.1) is 0 Å². The zero-order chi connectivity index (χ0) is 14.5. The van der Waals surface area contributed by atoms with E-state index in [1.807, 2.05) is 6.92 Å². The summed E-state index contributed by atoms with van der Waals surface area (Å²) in [4.78, 5) is 0. The molecule has 1 N–H and O–H groups in total. The first-order valence-electron chi connectivity index (χ1n) is 7.23. The quantitative estimate of drug-likeness (QED) is 0.761. The summed E-state index contributed by atoms with van der Waals surface area (Å²) in [6.07, 6.45) is 1.00. The molecule has 0 atom stereocenters. The number of nitrogens with one attached hydrogen (secondary N) is 1. The van der Waals surface area contributed by atoms with Crippen molar-refractivity contribution in [2.24, 2.45) is 0 Å². The van der Waals surface area contributed by atoms with Crippen LogP contribution in [0.15, 0.2) is 42.5 Å². The van der Waals surface area contributed by atoms with Gasteiger partial charge in [0.2, 0.25) is 0 Å². The van der Waals surface area contributed by atoms with Crippen LogP contribution in [0.25, 0.3) is 10.8 Å². The molecule has 0 heterocycles. The number of ether oxygens (including phenoxy) is 1. The molecule has 20 heavy (non-hydrogen) atoms. The first-order valence-corrected chi connectivity index (χ1v) is 7.23. The first-order chi connectivity index (χ1) is 9.67. The van der Waals surface area contributed by atoms with Crippen molar-refractivity contribution >= 4 is 16.5 Å². The standard InChI is InChI=1S/C18H23NO/c1-5-14-15-9-7-8-10-16(15)18(20-12-13(3)4)11-17(14)19-6-2/h7-11,19H,3,5-6,12H2,1-2,4H3. The maximum absolute atomic E-state index is 5.93. The van der Waals surface area contributed by atoms with E-state index in [1.165, 1.54) is 22.0 Å². The third-order valence-electron chi connectivity index (χ3n) is 3.31. The second kappa shape index (κ2) is 6.47. The van der Waals surface area contributed by atoms with Gasteiger partial charge in [-0.2, -0.15) is 0 Å². The molecule has 0 bridgehead atoms. The van der Waals surface area contributed by atoms with Crippen LogP contribution in [0.2, 0.25) is 0 Å². The molecule has 0 spiro atoms. The molecule has 2 heteroatoms. The molecule has 0 aliphatic heterocycles. The minimum Gasteiger partial charge on any atom is -0.489 e. The van der Waals surface area contributed by atoms with Crippen LogP contribution in [0.5, 0.6) is 5.75 Å². The van der Waals surface area contributed by atoms with Crippen LogP contribution in [0.1, 0.15) is 26.3 Å². The van der Waals surface area contributed by atoms with E-state index in [1.54, 1.807) is 0 Å². The molecule has 0 saturated carbocycles. The third-order valence-corrected chi connectivity index (χ3v) is 3.31. The van der Waals surface area contributed by atoms with Gasteiger partial charge in [0.05, 0.1) is 0 Å². The molecule has 0 aliphatic rings. The molecule has 2 aromatic rings. The van der Waals surface area contributed by atoms with E-state index >= 15 is 0 Å². The number of hydrogen-bond donors (Lipinski definition) is 1. The van der Waals surface area contributed by atoms with Gasteiger partial charge in [-0.15, -0.1) is 0 Å². The van der Waals surface area contributed by atoms with E-state index in [0.717, 1.165) is 24.3 Å². The Morgan fingerprint density at radius 1 is 1.20 bits per heavy atom. The summed E-state index contributed by atoms with van der Waals surface area (Å²) in [5.74, 6) is 0.928. The van der Waals surface area contributed by atoms with E-state index in [2.05, 4.69) is 56.1 Å². The monoisotopic (exact) mass is 269 g/mol. The summed E-state index contributed by atoms with van der Waals surface area (Å²) >= 11 is 0. The normalized spacial score (nSPS) is 10.6. The summed E-state index contributed by atoms with van der Waals surface area (Å²) in [6.45, 7) is 11.7. The number of benzene rings is 2. The average molecular weight is 269 g/mol. The minimum atomic E-state index is 0.557. The summed E-state index contributed by atoms with van der Waals surface area (Å²) < 4.78 is 5.93. The lowest BCUT2D eigenvalue weighted by molar-refractivity contribution is 0.357. The lowest BCUT2D eigenvalue weighted by Crippen LogP contribution is -2.04. The summed E-state index contributed by atoms with van der Waals surface area (Å²) in [5, 5.41) is 5.89. The van der Waals surface area contributed by atoms with Crippen molar-refractivity contribution in [2.75, 3.05) is 18.5 Å². The van der Waals surface area contributed by atoms with Gasteiger partial charge in [0.25, 0.3) is 0 Å². The smallest absolute Gasteiger partial charge is 0.129 e. The number of rotatable bonds is 6. The lowest BCUT2D eigenvalue weighted by atomic mass is 9.99. The number of anilines is 1. The van der Waals surface area contributed by atoms with Crippen molar-refractivity contribution < 1.29 is 4.74 Å². The molecule has 0 aliphatic carbocycles. The molecule has 0 fully saturated rings. The molecule has 0 radical (unpaired) electrons. The second-order valence-corrected chi connectivity index (χ2v) is 5.08. The van der Waals surface area contributed by atoms with Crippen LogP contribution in [0.3, 0.4) is 0 Å². The first kappa shape index (κ1) is 14.4. The Morgan fingerprint density at radius 2 is 1.90 bits per heavy atom. The van der Waals surface area contributed by atoms with Gasteiger partial charge in [0, 0.05) is 23.7 Å². The molecular weight excluding hydrogens is 246 g/mol. The fourth-order valence-electron chi connectivity index (χ4n) is 2.45. The van der Waals surface area contributed by atoms with Gasteiger partial charge >= 0.3 is 0 Å². The van der Waals surface area contributed by atoms with Gasteiger partial charge < -0.3 is 10.1 Å². The topological polar surface area (TPSA) is 21.3 Å². The zero-order valence-electron chi connectivity index (χ0n) is 12.6. The van der Waals surface area contributed by atoms with Gasteiger partial charge in [0.15, 0.2) is 0 Å². The Labute approximate surface area is 121 Å². The fourth-order valence-corrected chi connectivity index (χ4v) is 2.45. The zero-order valence-corrected chi connectivity index (χ0v) is 12.6. The highest BCUT2D eigenvalue weighted by Gasteiger charge is 2.11. The minimum absolute atomic E-state index is 0.557. The van der Waals surface area contributed by atoms with Crippen molar-refractivity contribution in [1.82, 2.24) is 0 Å². The third kappa shape index (κ3) is 2.96.